The Bertz CT molecular complexity index is 539. The summed E-state index contributed by atoms with van der Waals surface area (Å²) in [6, 6.07) is 9.18. The van der Waals surface area contributed by atoms with Crippen LogP contribution in [0.3, 0.4) is 0 Å². The number of ether oxygens (including phenoxy) is 4. The number of hydrogen-bond acceptors (Lipinski definition) is 6. The molecule has 118 valence electrons. The zero-order chi connectivity index (χ0) is 15.9. The van der Waals surface area contributed by atoms with Crippen LogP contribution in [0, 0.1) is 0 Å². The molecule has 2 rings (SSSR count). The third kappa shape index (κ3) is 4.89. The van der Waals surface area contributed by atoms with E-state index in [-0.39, 0.29) is 6.61 Å². The van der Waals surface area contributed by atoms with E-state index in [9.17, 15) is 9.59 Å². The number of esters is 2. The van der Waals surface area contributed by atoms with Crippen molar-refractivity contribution in [3.63, 3.8) is 0 Å². The smallest absolute Gasteiger partial charge is 0.303 e. The van der Waals surface area contributed by atoms with Gasteiger partial charge in [-0.05, 0) is 24.3 Å². The van der Waals surface area contributed by atoms with Gasteiger partial charge in [0.05, 0.1) is 0 Å². The van der Waals surface area contributed by atoms with Crippen molar-refractivity contribution in [2.45, 2.75) is 32.3 Å². The van der Waals surface area contributed by atoms with E-state index in [4.69, 9.17) is 18.9 Å². The predicted octanol–water partition coefficient (Wildman–Crippen LogP) is 1.84. The van der Waals surface area contributed by atoms with Crippen LogP contribution >= 0.6 is 0 Å². The molecule has 6 nitrogen and oxygen atoms in total. The van der Waals surface area contributed by atoms with Gasteiger partial charge in [0.15, 0.2) is 0 Å². The molecule has 0 N–H and O–H groups in total. The Morgan fingerprint density at radius 3 is 2.45 bits per heavy atom. The summed E-state index contributed by atoms with van der Waals surface area (Å²) >= 11 is 0. The minimum absolute atomic E-state index is 0.0216. The van der Waals surface area contributed by atoms with Gasteiger partial charge in [0.25, 0.3) is 0 Å². The van der Waals surface area contributed by atoms with Gasteiger partial charge in [-0.25, -0.2) is 0 Å². The summed E-state index contributed by atoms with van der Waals surface area (Å²) in [6.07, 6.45) is 1.45. The van der Waals surface area contributed by atoms with E-state index in [1.54, 1.807) is 24.3 Å². The van der Waals surface area contributed by atoms with E-state index in [0.717, 1.165) is 0 Å². The topological polar surface area (TPSA) is 71.1 Å². The molecule has 0 aromatic heterocycles. The quantitative estimate of drug-likeness (QED) is 0.610. The molecule has 0 fully saturated rings. The van der Waals surface area contributed by atoms with Crippen LogP contribution < -0.4 is 4.74 Å². The highest BCUT2D eigenvalue weighted by molar-refractivity contribution is 5.66. The first-order chi connectivity index (χ1) is 10.5. The molecule has 0 saturated heterocycles. The molecule has 22 heavy (non-hydrogen) atoms. The fraction of sp³-hybridized carbons (Fsp3) is 0.375. The highest BCUT2D eigenvalue weighted by Gasteiger charge is 2.31. The third-order valence-electron chi connectivity index (χ3n) is 2.88. The average molecular weight is 306 g/mol. The van der Waals surface area contributed by atoms with Crippen molar-refractivity contribution in [2.75, 3.05) is 6.61 Å². The first kappa shape index (κ1) is 16.0. The first-order valence-corrected chi connectivity index (χ1v) is 6.90. The van der Waals surface area contributed by atoms with Crippen molar-refractivity contribution in [3.05, 3.63) is 42.5 Å². The summed E-state index contributed by atoms with van der Waals surface area (Å²) in [5.41, 5.74) is 0. The van der Waals surface area contributed by atoms with Crippen LogP contribution in [0.2, 0.25) is 0 Å². The van der Waals surface area contributed by atoms with Gasteiger partial charge in [-0.3, -0.25) is 9.59 Å². The van der Waals surface area contributed by atoms with Crippen LogP contribution in [-0.4, -0.2) is 37.0 Å². The number of hydrogen-bond donors (Lipinski definition) is 0. The van der Waals surface area contributed by atoms with Gasteiger partial charge in [0.1, 0.15) is 24.6 Å². The minimum atomic E-state index is -0.644. The SMILES string of the molecule is CC(=O)OC[C@H]1O[C@H](Oc2ccccc2)C=C[C@@H]1OC(C)=O. The molecule has 0 saturated carbocycles. The molecular formula is C16H18O6. The number of rotatable bonds is 5. The molecule has 0 spiro atoms. The van der Waals surface area contributed by atoms with Crippen molar-refractivity contribution < 1.29 is 28.5 Å². The lowest BCUT2D eigenvalue weighted by Crippen LogP contribution is -2.42. The zero-order valence-electron chi connectivity index (χ0n) is 12.4. The van der Waals surface area contributed by atoms with Crippen molar-refractivity contribution in [1.29, 1.82) is 0 Å². The van der Waals surface area contributed by atoms with E-state index in [0.29, 0.717) is 5.75 Å². The first-order valence-electron chi connectivity index (χ1n) is 6.90. The van der Waals surface area contributed by atoms with Crippen molar-refractivity contribution in [2.24, 2.45) is 0 Å². The maximum Gasteiger partial charge on any atom is 0.303 e. The fourth-order valence-electron chi connectivity index (χ4n) is 1.96. The molecule has 1 aromatic carbocycles. The molecule has 6 heteroatoms. The molecule has 0 unspecified atom stereocenters. The van der Waals surface area contributed by atoms with Crippen LogP contribution in [0.5, 0.6) is 5.75 Å². The molecule has 1 aliphatic heterocycles. The van der Waals surface area contributed by atoms with Crippen LogP contribution in [-0.2, 0) is 23.8 Å². The van der Waals surface area contributed by atoms with Gasteiger partial charge < -0.3 is 18.9 Å². The molecular weight excluding hydrogens is 288 g/mol. The Kier molecular flexibility index (Phi) is 5.55. The number of benzene rings is 1. The minimum Gasteiger partial charge on any atom is -0.463 e. The molecule has 1 aliphatic rings. The Morgan fingerprint density at radius 2 is 1.82 bits per heavy atom. The Hall–Kier alpha value is -2.34. The van der Waals surface area contributed by atoms with E-state index in [1.165, 1.54) is 13.8 Å². The number of para-hydroxylation sites is 1. The maximum atomic E-state index is 11.1. The van der Waals surface area contributed by atoms with Crippen molar-refractivity contribution in [3.8, 4) is 5.75 Å². The van der Waals surface area contributed by atoms with Crippen molar-refractivity contribution in [1.82, 2.24) is 0 Å². The van der Waals surface area contributed by atoms with Gasteiger partial charge in [0, 0.05) is 13.8 Å². The highest BCUT2D eigenvalue weighted by Crippen LogP contribution is 2.20. The Balaban J connectivity index is 2.02. The van der Waals surface area contributed by atoms with E-state index >= 15 is 0 Å². The second kappa shape index (κ2) is 7.61. The van der Waals surface area contributed by atoms with Gasteiger partial charge in [-0.15, -0.1) is 0 Å². The number of carbonyl (C=O) groups is 2. The molecule has 1 heterocycles. The average Bonchev–Trinajstić information content (AvgIpc) is 2.48. The summed E-state index contributed by atoms with van der Waals surface area (Å²) in [5, 5.41) is 0. The largest absolute Gasteiger partial charge is 0.463 e. The number of carbonyl (C=O) groups excluding carboxylic acids is 2. The normalized spacial score (nSPS) is 23.6. The third-order valence-corrected chi connectivity index (χ3v) is 2.88. The van der Waals surface area contributed by atoms with E-state index in [1.807, 2.05) is 18.2 Å². The molecule has 0 aliphatic carbocycles. The molecule has 0 bridgehead atoms. The van der Waals surface area contributed by atoms with Crippen LogP contribution in [0.1, 0.15) is 13.8 Å². The Labute approximate surface area is 128 Å². The van der Waals surface area contributed by atoms with E-state index in [2.05, 4.69) is 0 Å². The van der Waals surface area contributed by atoms with Crippen LogP contribution in [0.4, 0.5) is 0 Å². The van der Waals surface area contributed by atoms with Gasteiger partial charge in [0.2, 0.25) is 6.29 Å². The van der Waals surface area contributed by atoms with E-state index < -0.39 is 30.4 Å². The lowest BCUT2D eigenvalue weighted by molar-refractivity contribution is -0.178. The van der Waals surface area contributed by atoms with Gasteiger partial charge in [-0.1, -0.05) is 18.2 Å². The molecule has 0 radical (unpaired) electrons. The lowest BCUT2D eigenvalue weighted by Gasteiger charge is -2.31. The summed E-state index contributed by atoms with van der Waals surface area (Å²) in [4.78, 5) is 22.1. The second-order valence-electron chi connectivity index (χ2n) is 4.74. The van der Waals surface area contributed by atoms with Crippen molar-refractivity contribution >= 4 is 11.9 Å². The molecule has 0 amide bonds. The Morgan fingerprint density at radius 1 is 1.09 bits per heavy atom. The molecule has 1 aromatic rings. The lowest BCUT2D eigenvalue weighted by atomic mass is 10.1. The summed E-state index contributed by atoms with van der Waals surface area (Å²) in [7, 11) is 0. The zero-order valence-corrected chi connectivity index (χ0v) is 12.4. The summed E-state index contributed by atoms with van der Waals surface area (Å²) < 4.78 is 21.4. The summed E-state index contributed by atoms with van der Waals surface area (Å²) in [5.74, 6) is -0.219. The summed E-state index contributed by atoms with van der Waals surface area (Å²) in [6.45, 7) is 2.59. The second-order valence-corrected chi connectivity index (χ2v) is 4.74. The monoisotopic (exact) mass is 306 g/mol. The highest BCUT2D eigenvalue weighted by atomic mass is 16.7. The fourth-order valence-corrected chi connectivity index (χ4v) is 1.96. The molecule has 3 atom stereocenters. The van der Waals surface area contributed by atoms with Crippen LogP contribution in [0.25, 0.3) is 0 Å². The standard InChI is InChI=1S/C16H18O6/c1-11(17)19-10-15-14(20-12(2)18)8-9-16(22-15)21-13-6-4-3-5-7-13/h3-9,14-16H,10H2,1-2H3/t14-,15+,16-/m0/s1. The maximum absolute atomic E-state index is 11.1. The van der Waals surface area contributed by atoms with Gasteiger partial charge in [-0.2, -0.15) is 0 Å². The predicted molar refractivity (Wildman–Crippen MR) is 77.1 cm³/mol. The van der Waals surface area contributed by atoms with Crippen LogP contribution in [0.15, 0.2) is 42.5 Å². The van der Waals surface area contributed by atoms with Gasteiger partial charge >= 0.3 is 11.9 Å².